The first kappa shape index (κ1) is 20.1. The number of phenolic OH excluding ortho intramolecular Hbond substituents is 1. The standard InChI is InChI=1S/C23H21BrN2O4/c1-28-20-10-15(11-21(29-2)22(20)30-3)23-25-18-9-8-16(27)12-19(18)26(23)13-14-6-4-5-7-17(14)24/h4-12,27H,13H2,1-3H3. The lowest BCUT2D eigenvalue weighted by molar-refractivity contribution is 0.324. The number of aromatic nitrogens is 2. The van der Waals surface area contributed by atoms with Gasteiger partial charge in [0, 0.05) is 16.1 Å². The summed E-state index contributed by atoms with van der Waals surface area (Å²) >= 11 is 3.63. The quantitative estimate of drug-likeness (QED) is 0.418. The summed E-state index contributed by atoms with van der Waals surface area (Å²) in [5.41, 5.74) is 3.51. The van der Waals surface area contributed by atoms with Crippen LogP contribution < -0.4 is 14.2 Å². The molecule has 4 aromatic rings. The van der Waals surface area contributed by atoms with E-state index in [9.17, 15) is 5.11 Å². The highest BCUT2D eigenvalue weighted by Gasteiger charge is 2.19. The molecule has 0 aliphatic carbocycles. The summed E-state index contributed by atoms with van der Waals surface area (Å²) in [5.74, 6) is 2.54. The van der Waals surface area contributed by atoms with E-state index in [-0.39, 0.29) is 5.75 Å². The third-order valence-electron chi connectivity index (χ3n) is 4.94. The minimum absolute atomic E-state index is 0.187. The van der Waals surface area contributed by atoms with Crippen molar-refractivity contribution in [3.63, 3.8) is 0 Å². The molecule has 0 bridgehead atoms. The normalized spacial score (nSPS) is 10.9. The van der Waals surface area contributed by atoms with Crippen LogP contribution in [0.15, 0.2) is 59.1 Å². The van der Waals surface area contributed by atoms with E-state index >= 15 is 0 Å². The number of benzene rings is 3. The number of nitrogens with zero attached hydrogens (tertiary/aromatic N) is 2. The van der Waals surface area contributed by atoms with Crippen molar-refractivity contribution in [2.24, 2.45) is 0 Å². The fraction of sp³-hybridized carbons (Fsp3) is 0.174. The maximum Gasteiger partial charge on any atom is 0.203 e. The van der Waals surface area contributed by atoms with Crippen LogP contribution in [-0.2, 0) is 6.54 Å². The van der Waals surface area contributed by atoms with Crippen molar-refractivity contribution in [1.29, 1.82) is 0 Å². The van der Waals surface area contributed by atoms with Gasteiger partial charge in [0.2, 0.25) is 5.75 Å². The average Bonchev–Trinajstić information content (AvgIpc) is 3.11. The number of rotatable bonds is 6. The monoisotopic (exact) mass is 468 g/mol. The van der Waals surface area contributed by atoms with Gasteiger partial charge in [0.05, 0.1) is 38.9 Å². The van der Waals surface area contributed by atoms with E-state index in [1.54, 1.807) is 33.5 Å². The number of methoxy groups -OCH3 is 3. The van der Waals surface area contributed by atoms with Gasteiger partial charge >= 0.3 is 0 Å². The second-order valence-corrected chi connectivity index (χ2v) is 7.55. The van der Waals surface area contributed by atoms with Crippen LogP contribution in [0.3, 0.4) is 0 Å². The molecule has 4 rings (SSSR count). The lowest BCUT2D eigenvalue weighted by Gasteiger charge is -2.15. The molecule has 0 aliphatic heterocycles. The molecule has 0 spiro atoms. The third-order valence-corrected chi connectivity index (χ3v) is 5.71. The number of imidazole rings is 1. The van der Waals surface area contributed by atoms with Gasteiger partial charge in [-0.25, -0.2) is 4.98 Å². The van der Waals surface area contributed by atoms with Gasteiger partial charge in [-0.2, -0.15) is 0 Å². The predicted molar refractivity (Wildman–Crippen MR) is 120 cm³/mol. The van der Waals surface area contributed by atoms with Gasteiger partial charge in [0.25, 0.3) is 0 Å². The van der Waals surface area contributed by atoms with E-state index in [1.165, 1.54) is 0 Å². The zero-order valence-corrected chi connectivity index (χ0v) is 18.4. The molecule has 0 unspecified atom stereocenters. The smallest absolute Gasteiger partial charge is 0.203 e. The SMILES string of the molecule is COc1cc(-c2nc3ccc(O)cc3n2Cc2ccccc2Br)cc(OC)c1OC. The lowest BCUT2D eigenvalue weighted by atomic mass is 10.1. The van der Waals surface area contributed by atoms with Crippen LogP contribution in [0.4, 0.5) is 0 Å². The summed E-state index contributed by atoms with van der Waals surface area (Å²) in [6.45, 7) is 0.563. The van der Waals surface area contributed by atoms with Crippen molar-refractivity contribution in [2.45, 2.75) is 6.54 Å². The van der Waals surface area contributed by atoms with Crippen LogP contribution in [0.25, 0.3) is 22.4 Å². The van der Waals surface area contributed by atoms with Crippen molar-refractivity contribution in [2.75, 3.05) is 21.3 Å². The van der Waals surface area contributed by atoms with E-state index < -0.39 is 0 Å². The molecule has 1 heterocycles. The summed E-state index contributed by atoms with van der Waals surface area (Å²) in [7, 11) is 4.75. The molecule has 0 saturated heterocycles. The van der Waals surface area contributed by atoms with Crippen molar-refractivity contribution < 1.29 is 19.3 Å². The first-order valence-electron chi connectivity index (χ1n) is 9.28. The number of ether oxygens (including phenoxy) is 3. The highest BCUT2D eigenvalue weighted by molar-refractivity contribution is 9.10. The molecule has 1 N–H and O–H groups in total. The van der Waals surface area contributed by atoms with Crippen LogP contribution in [0.1, 0.15) is 5.56 Å². The van der Waals surface area contributed by atoms with Crippen molar-refractivity contribution >= 4 is 27.0 Å². The summed E-state index contributed by atoms with van der Waals surface area (Å²) in [4.78, 5) is 4.84. The Kier molecular flexibility index (Phi) is 5.55. The molecular weight excluding hydrogens is 448 g/mol. The van der Waals surface area contributed by atoms with Crippen LogP contribution in [0, 0.1) is 0 Å². The second-order valence-electron chi connectivity index (χ2n) is 6.70. The Hall–Kier alpha value is -3.19. The lowest BCUT2D eigenvalue weighted by Crippen LogP contribution is -2.04. The van der Waals surface area contributed by atoms with Gasteiger partial charge in [-0.15, -0.1) is 0 Å². The van der Waals surface area contributed by atoms with E-state index in [4.69, 9.17) is 19.2 Å². The molecule has 0 aliphatic rings. The molecule has 6 nitrogen and oxygen atoms in total. The Morgan fingerprint density at radius 2 is 1.63 bits per heavy atom. The molecule has 154 valence electrons. The fourth-order valence-electron chi connectivity index (χ4n) is 3.50. The number of hydrogen-bond donors (Lipinski definition) is 1. The molecule has 0 radical (unpaired) electrons. The number of aromatic hydroxyl groups is 1. The minimum atomic E-state index is 0.187. The van der Waals surface area contributed by atoms with Crippen LogP contribution >= 0.6 is 15.9 Å². The highest BCUT2D eigenvalue weighted by atomic mass is 79.9. The Morgan fingerprint density at radius 1 is 0.933 bits per heavy atom. The molecule has 30 heavy (non-hydrogen) atoms. The number of halogens is 1. The van der Waals surface area contributed by atoms with E-state index in [2.05, 4.69) is 26.6 Å². The molecule has 0 amide bonds. The van der Waals surface area contributed by atoms with E-state index in [0.717, 1.165) is 32.5 Å². The van der Waals surface area contributed by atoms with Gasteiger partial charge in [-0.05, 0) is 35.9 Å². The number of phenols is 1. The van der Waals surface area contributed by atoms with Gasteiger partial charge in [0.1, 0.15) is 11.6 Å². The van der Waals surface area contributed by atoms with Gasteiger partial charge in [-0.1, -0.05) is 34.1 Å². The molecule has 0 atom stereocenters. The Bertz CT molecular complexity index is 1190. The zero-order chi connectivity index (χ0) is 21.3. The molecule has 7 heteroatoms. The summed E-state index contributed by atoms with van der Waals surface area (Å²) in [6, 6.07) is 16.9. The maximum absolute atomic E-state index is 10.1. The van der Waals surface area contributed by atoms with Crippen molar-refractivity contribution in [3.8, 4) is 34.4 Å². The summed E-state index contributed by atoms with van der Waals surface area (Å²) in [6.07, 6.45) is 0. The summed E-state index contributed by atoms with van der Waals surface area (Å²) in [5, 5.41) is 10.1. The predicted octanol–water partition coefficient (Wildman–Crippen LogP) is 5.25. The Morgan fingerprint density at radius 3 is 2.27 bits per heavy atom. The maximum atomic E-state index is 10.1. The molecule has 0 fully saturated rings. The first-order chi connectivity index (χ1) is 14.5. The van der Waals surface area contributed by atoms with Gasteiger partial charge in [-0.3, -0.25) is 0 Å². The van der Waals surface area contributed by atoms with Crippen LogP contribution in [-0.4, -0.2) is 36.0 Å². The number of hydrogen-bond acceptors (Lipinski definition) is 5. The molecular formula is C23H21BrN2O4. The second kappa shape index (κ2) is 8.28. The molecule has 0 saturated carbocycles. The third kappa shape index (κ3) is 3.57. The largest absolute Gasteiger partial charge is 0.508 e. The van der Waals surface area contributed by atoms with E-state index in [1.807, 2.05) is 36.4 Å². The van der Waals surface area contributed by atoms with Gasteiger partial charge in [0.15, 0.2) is 11.5 Å². The summed E-state index contributed by atoms with van der Waals surface area (Å²) < 4.78 is 19.6. The Labute approximate surface area is 182 Å². The topological polar surface area (TPSA) is 65.7 Å². The first-order valence-corrected chi connectivity index (χ1v) is 10.1. The van der Waals surface area contributed by atoms with Gasteiger partial charge < -0.3 is 23.9 Å². The molecule has 3 aromatic carbocycles. The fourth-order valence-corrected chi connectivity index (χ4v) is 3.91. The average molecular weight is 469 g/mol. The van der Waals surface area contributed by atoms with Crippen molar-refractivity contribution in [1.82, 2.24) is 9.55 Å². The van der Waals surface area contributed by atoms with Crippen LogP contribution in [0.2, 0.25) is 0 Å². The Balaban J connectivity index is 1.96. The highest BCUT2D eigenvalue weighted by Crippen LogP contribution is 2.42. The minimum Gasteiger partial charge on any atom is -0.508 e. The van der Waals surface area contributed by atoms with Crippen molar-refractivity contribution in [3.05, 3.63) is 64.6 Å². The molecule has 1 aromatic heterocycles. The number of fused-ring (bicyclic) bond motifs is 1. The van der Waals surface area contributed by atoms with Crippen LogP contribution in [0.5, 0.6) is 23.0 Å². The van der Waals surface area contributed by atoms with E-state index in [0.29, 0.717) is 23.8 Å². The zero-order valence-electron chi connectivity index (χ0n) is 16.8.